The first-order chi connectivity index (χ1) is 35.2. The molecule has 3 saturated heterocycles. The summed E-state index contributed by atoms with van der Waals surface area (Å²) < 4.78 is 34.8. The highest BCUT2D eigenvalue weighted by Gasteiger charge is 2.46. The average molecular weight is 1030 g/mol. The molecule has 4 fully saturated rings. The fourth-order valence-corrected chi connectivity index (χ4v) is 10.7. The number of aliphatic carboxylic acids is 1. The number of nitrogens with one attached hydrogen (secondary N) is 3. The van der Waals surface area contributed by atoms with Crippen molar-refractivity contribution in [3.63, 3.8) is 0 Å². The van der Waals surface area contributed by atoms with Crippen LogP contribution in [-0.4, -0.2) is 115 Å². The van der Waals surface area contributed by atoms with E-state index in [1.54, 1.807) is 21.4 Å². The number of imide groups is 1. The minimum Gasteiger partial charge on any atom is -0.475 e. The van der Waals surface area contributed by atoms with Gasteiger partial charge < -0.3 is 37.0 Å². The Morgan fingerprint density at radius 2 is 1.46 bits per heavy atom. The molecule has 0 spiro atoms. The molecule has 1 saturated carbocycles. The van der Waals surface area contributed by atoms with Gasteiger partial charge in [0.25, 0.3) is 0 Å². The van der Waals surface area contributed by atoms with Crippen LogP contribution in [0.25, 0.3) is 11.0 Å². The van der Waals surface area contributed by atoms with Crippen molar-refractivity contribution in [2.45, 2.75) is 126 Å². The van der Waals surface area contributed by atoms with Crippen LogP contribution < -0.4 is 33.1 Å². The normalized spacial score (nSPS) is 22.6. The number of carbonyl (C=O) groups excluding carboxylic acids is 7. The first-order valence-corrected chi connectivity index (χ1v) is 24.9. The first-order valence-electron chi connectivity index (χ1n) is 24.9. The van der Waals surface area contributed by atoms with Crippen molar-refractivity contribution in [1.29, 1.82) is 0 Å². The molecule has 0 bridgehead atoms. The summed E-state index contributed by atoms with van der Waals surface area (Å²) in [5.74, 6) is -5.35. The van der Waals surface area contributed by atoms with Gasteiger partial charge in [0.2, 0.25) is 41.4 Å². The SMILES string of the molecule is Cn1c(=O)n(C2CCC(=O)NC2=O)c2ccc(CCC3CCC(C(=O)N4CC[C@H]5CC[C@@H](C(=O)N[C@@H](CCC(N)=O)C(=O)NC(c6ccccc6)c6ccccc6)N5C(=O)[C@@H](N)C4)CC3)cc21.O=C(O)C(F)(F)F. The number of aryl methyl sites for hydroxylation is 2. The largest absolute Gasteiger partial charge is 0.490 e. The maximum absolute atomic E-state index is 14.1. The Hall–Kier alpha value is -7.36. The van der Waals surface area contributed by atoms with Gasteiger partial charge in [0.05, 0.1) is 17.1 Å². The number of primary amides is 1. The predicted molar refractivity (Wildman–Crippen MR) is 262 cm³/mol. The van der Waals surface area contributed by atoms with Crippen molar-refractivity contribution < 1.29 is 56.6 Å². The lowest BCUT2D eigenvalue weighted by Gasteiger charge is -2.39. The van der Waals surface area contributed by atoms with E-state index in [-0.39, 0.29) is 61.7 Å². The Bertz CT molecular complexity index is 2760. The zero-order chi connectivity index (χ0) is 53.4. The van der Waals surface area contributed by atoms with Crippen LogP contribution in [0.1, 0.15) is 106 Å². The summed E-state index contributed by atoms with van der Waals surface area (Å²) in [5, 5.41) is 15.4. The summed E-state index contributed by atoms with van der Waals surface area (Å²) in [7, 11) is 1.69. The van der Waals surface area contributed by atoms with Crippen LogP contribution in [0, 0.1) is 11.8 Å². The molecule has 7 amide bonds. The molecule has 4 heterocycles. The fraction of sp³-hybridized carbons (Fsp3) is 0.481. The van der Waals surface area contributed by atoms with Crippen LogP contribution in [0.15, 0.2) is 83.7 Å². The maximum atomic E-state index is 14.1. The highest BCUT2D eigenvalue weighted by Crippen LogP contribution is 2.35. The molecule has 5 atom stereocenters. The second-order valence-electron chi connectivity index (χ2n) is 19.6. The minimum absolute atomic E-state index is 0.00180. The number of fused-ring (bicyclic) bond motifs is 2. The van der Waals surface area contributed by atoms with Gasteiger partial charge in [-0.05, 0) is 105 Å². The van der Waals surface area contributed by atoms with E-state index >= 15 is 0 Å². The van der Waals surface area contributed by atoms with Crippen LogP contribution in [0.5, 0.6) is 0 Å². The number of imidazole rings is 1. The number of aromatic nitrogens is 2. The Kier molecular flexibility index (Phi) is 17.4. The molecule has 4 aromatic rings. The monoisotopic (exact) mass is 1030 g/mol. The molecule has 1 aromatic heterocycles. The lowest BCUT2D eigenvalue weighted by atomic mass is 9.79. The summed E-state index contributed by atoms with van der Waals surface area (Å²) in [6.07, 6.45) is 1.50. The van der Waals surface area contributed by atoms with Crippen LogP contribution >= 0.6 is 0 Å². The molecule has 1 aliphatic carbocycles. The third kappa shape index (κ3) is 12.9. The van der Waals surface area contributed by atoms with Gasteiger partial charge in [-0.25, -0.2) is 9.59 Å². The van der Waals surface area contributed by atoms with Gasteiger partial charge in [0.15, 0.2) is 0 Å². The maximum Gasteiger partial charge on any atom is 0.490 e. The average Bonchev–Trinajstić information content (AvgIpc) is 3.91. The van der Waals surface area contributed by atoms with Crippen molar-refractivity contribution in [1.82, 2.24) is 34.9 Å². The van der Waals surface area contributed by atoms with E-state index in [0.29, 0.717) is 37.2 Å². The Morgan fingerprint density at radius 1 is 0.824 bits per heavy atom. The van der Waals surface area contributed by atoms with Crippen LogP contribution in [-0.2, 0) is 51.8 Å². The van der Waals surface area contributed by atoms with E-state index in [9.17, 15) is 51.5 Å². The smallest absolute Gasteiger partial charge is 0.475 e. The van der Waals surface area contributed by atoms with Gasteiger partial charge in [-0.1, -0.05) is 66.7 Å². The van der Waals surface area contributed by atoms with Crippen molar-refractivity contribution in [2.24, 2.45) is 30.4 Å². The van der Waals surface area contributed by atoms with Gasteiger partial charge in [0, 0.05) is 44.9 Å². The summed E-state index contributed by atoms with van der Waals surface area (Å²) in [6.45, 7) is 0.435. The number of carboxylic acids is 1. The van der Waals surface area contributed by atoms with Gasteiger partial charge in [0.1, 0.15) is 24.2 Å². The molecule has 8 rings (SSSR count). The third-order valence-corrected chi connectivity index (χ3v) is 14.7. The van der Waals surface area contributed by atoms with Crippen LogP contribution in [0.4, 0.5) is 13.2 Å². The molecule has 19 nitrogen and oxygen atoms in total. The third-order valence-electron chi connectivity index (χ3n) is 14.7. The number of halogens is 3. The minimum atomic E-state index is -5.08. The molecule has 3 aliphatic heterocycles. The lowest BCUT2D eigenvalue weighted by Crippen LogP contribution is -2.60. The molecule has 4 aliphatic rings. The lowest BCUT2D eigenvalue weighted by molar-refractivity contribution is -0.192. The standard InChI is InChI=1S/C50H61N9O8.C2HF3O2/c1-56-41-28-31(16-21-38(41)59(50(56)67)40-23-25-43(61)54-47(40)64)13-12-30-14-17-34(18-15-30)48(65)57-27-26-35-19-22-39(58(35)49(66)36(51)29-57)46(63)53-37(20-24-42(52)60)45(62)55-44(32-8-4-2-5-9-32)33-10-6-3-7-11-33;3-2(4,5)1(6)7/h2-11,16,21,28,30,34-37,39-40,44H,12-15,17-20,22-27,29,51H2,1H3,(H2,52,60)(H,53,63)(H,55,62)(H,54,61,64);(H,6,7)/t30?,34?,35-,36+,37+,39+,40?;/m1./s1. The first kappa shape index (κ1) is 54.4. The number of hydrogen-bond donors (Lipinski definition) is 6. The van der Waals surface area contributed by atoms with E-state index in [0.717, 1.165) is 60.7 Å². The molecule has 74 heavy (non-hydrogen) atoms. The van der Waals surface area contributed by atoms with E-state index in [1.807, 2.05) is 78.9 Å². The molecule has 8 N–H and O–H groups in total. The number of hydrogen-bond acceptors (Lipinski definition) is 10. The van der Waals surface area contributed by atoms with E-state index in [4.69, 9.17) is 21.4 Å². The number of carbonyl (C=O) groups is 8. The number of amides is 7. The predicted octanol–water partition coefficient (Wildman–Crippen LogP) is 3.27. The quantitative estimate of drug-likeness (QED) is 0.0998. The number of piperidine rings is 1. The summed E-state index contributed by atoms with van der Waals surface area (Å²) in [6, 6.07) is 20.1. The second kappa shape index (κ2) is 23.7. The number of carboxylic acid groups (broad SMARTS) is 1. The molecule has 1 unspecified atom stereocenters. The molecule has 0 radical (unpaired) electrons. The van der Waals surface area contributed by atoms with E-state index in [1.165, 1.54) is 4.57 Å². The molecule has 22 heteroatoms. The summed E-state index contributed by atoms with van der Waals surface area (Å²) in [4.78, 5) is 118. The van der Waals surface area contributed by atoms with Crippen molar-refractivity contribution in [3.8, 4) is 0 Å². The highest BCUT2D eigenvalue weighted by atomic mass is 19.4. The summed E-state index contributed by atoms with van der Waals surface area (Å²) >= 11 is 0. The number of nitrogens with zero attached hydrogens (tertiary/aromatic N) is 4. The Labute approximate surface area is 424 Å². The molecular weight excluding hydrogens is 968 g/mol. The fourth-order valence-electron chi connectivity index (χ4n) is 10.7. The second-order valence-corrected chi connectivity index (χ2v) is 19.6. The van der Waals surface area contributed by atoms with Crippen LogP contribution in [0.2, 0.25) is 0 Å². The van der Waals surface area contributed by atoms with Crippen LogP contribution in [0.3, 0.4) is 0 Å². The van der Waals surface area contributed by atoms with Gasteiger partial charge in [-0.15, -0.1) is 0 Å². The summed E-state index contributed by atoms with van der Waals surface area (Å²) in [5.41, 5.74) is 15.9. The molecule has 3 aromatic carbocycles. The van der Waals surface area contributed by atoms with Gasteiger partial charge in [-0.2, -0.15) is 13.2 Å². The zero-order valence-corrected chi connectivity index (χ0v) is 40.9. The Balaban J connectivity index is 0.00000107. The number of alkyl halides is 3. The van der Waals surface area contributed by atoms with E-state index in [2.05, 4.69) is 16.0 Å². The van der Waals surface area contributed by atoms with Gasteiger partial charge >= 0.3 is 17.8 Å². The molecule has 396 valence electrons. The van der Waals surface area contributed by atoms with Crippen molar-refractivity contribution in [2.75, 3.05) is 13.1 Å². The molecular formula is C52H62F3N9O10. The Morgan fingerprint density at radius 3 is 2.05 bits per heavy atom. The van der Waals surface area contributed by atoms with Gasteiger partial charge in [-0.3, -0.25) is 48.0 Å². The number of rotatable bonds is 14. The number of benzene rings is 3. The topological polar surface area (TPSA) is 278 Å². The van der Waals surface area contributed by atoms with Crippen molar-refractivity contribution >= 4 is 58.4 Å². The zero-order valence-electron chi connectivity index (χ0n) is 40.9. The highest BCUT2D eigenvalue weighted by molar-refractivity contribution is 6.00. The number of nitrogens with two attached hydrogens (primary N) is 2. The van der Waals surface area contributed by atoms with E-state index < -0.39 is 71.9 Å². The van der Waals surface area contributed by atoms with Crippen molar-refractivity contribution in [3.05, 3.63) is 106 Å².